The molecule has 0 aliphatic carbocycles. The molecule has 0 saturated heterocycles. The summed E-state index contributed by atoms with van der Waals surface area (Å²) in [7, 11) is 1.88. The van der Waals surface area contributed by atoms with Crippen molar-refractivity contribution in [2.75, 3.05) is 18.4 Å². The van der Waals surface area contributed by atoms with Gasteiger partial charge in [-0.1, -0.05) is 0 Å². The molecule has 0 aliphatic rings. The molecule has 5 heteroatoms. The van der Waals surface area contributed by atoms with Crippen LogP contribution in [0.15, 0.2) is 10.7 Å². The Morgan fingerprint density at radius 3 is 3.00 bits per heavy atom. The number of rotatable bonds is 3. The van der Waals surface area contributed by atoms with Gasteiger partial charge in [0.1, 0.15) is 5.82 Å². The van der Waals surface area contributed by atoms with Crippen molar-refractivity contribution in [2.45, 2.75) is 0 Å². The first-order valence-electron chi connectivity index (χ1n) is 3.37. The van der Waals surface area contributed by atoms with Gasteiger partial charge in [0.05, 0.1) is 10.7 Å². The van der Waals surface area contributed by atoms with E-state index in [4.69, 9.17) is 5.73 Å². The quantitative estimate of drug-likeness (QED) is 0.780. The van der Waals surface area contributed by atoms with Gasteiger partial charge in [0.15, 0.2) is 0 Å². The average molecular weight is 219 g/mol. The van der Waals surface area contributed by atoms with Gasteiger partial charge in [-0.05, 0) is 15.9 Å². The van der Waals surface area contributed by atoms with Gasteiger partial charge < -0.3 is 11.1 Å². The van der Waals surface area contributed by atoms with Gasteiger partial charge in [0.2, 0.25) is 0 Å². The Bertz CT molecular complexity index is 213. The molecule has 0 saturated carbocycles. The summed E-state index contributed by atoms with van der Waals surface area (Å²) in [5.41, 5.74) is 5.34. The van der Waals surface area contributed by atoms with Crippen LogP contribution in [0.4, 0.5) is 5.82 Å². The second kappa shape index (κ2) is 3.73. The summed E-state index contributed by atoms with van der Waals surface area (Å²) < 4.78 is 2.73. The third-order valence-electron chi connectivity index (χ3n) is 1.33. The predicted molar refractivity (Wildman–Crippen MR) is 48.5 cm³/mol. The Hall–Kier alpha value is -0.550. The fraction of sp³-hybridized carbons (Fsp3) is 0.500. The van der Waals surface area contributed by atoms with Crippen LogP contribution in [-0.2, 0) is 7.05 Å². The zero-order valence-electron chi connectivity index (χ0n) is 6.34. The highest BCUT2D eigenvalue weighted by Gasteiger charge is 2.02. The highest BCUT2D eigenvalue weighted by atomic mass is 79.9. The van der Waals surface area contributed by atoms with Crippen molar-refractivity contribution in [3.63, 3.8) is 0 Å². The summed E-state index contributed by atoms with van der Waals surface area (Å²) in [6, 6.07) is 0. The molecule has 1 aromatic heterocycles. The first kappa shape index (κ1) is 8.55. The number of nitrogens with zero attached hydrogens (tertiary/aromatic N) is 2. The number of hydrogen-bond acceptors (Lipinski definition) is 3. The minimum atomic E-state index is 0.623. The molecule has 0 aliphatic heterocycles. The second-order valence-corrected chi connectivity index (χ2v) is 3.03. The number of anilines is 1. The zero-order valence-corrected chi connectivity index (χ0v) is 7.93. The summed E-state index contributed by atoms with van der Waals surface area (Å²) in [5, 5.41) is 7.18. The maximum Gasteiger partial charge on any atom is 0.138 e. The van der Waals surface area contributed by atoms with Crippen LogP contribution < -0.4 is 11.1 Å². The topological polar surface area (TPSA) is 55.9 Å². The summed E-state index contributed by atoms with van der Waals surface area (Å²) in [5.74, 6) is 0.968. The van der Waals surface area contributed by atoms with Crippen LogP contribution in [0.5, 0.6) is 0 Å². The number of halogens is 1. The summed E-state index contributed by atoms with van der Waals surface area (Å²) >= 11 is 3.36. The average Bonchev–Trinajstić information content (AvgIpc) is 2.29. The third-order valence-corrected chi connectivity index (χ3v) is 1.91. The van der Waals surface area contributed by atoms with E-state index in [1.807, 2.05) is 7.05 Å². The number of aryl methyl sites for hydroxylation is 1. The van der Waals surface area contributed by atoms with Crippen LogP contribution in [0.1, 0.15) is 0 Å². The van der Waals surface area contributed by atoms with E-state index < -0.39 is 0 Å². The fourth-order valence-electron chi connectivity index (χ4n) is 0.800. The second-order valence-electron chi connectivity index (χ2n) is 2.18. The SMILES string of the molecule is Cn1ncc(Br)c1NCCN. The van der Waals surface area contributed by atoms with Crippen molar-refractivity contribution in [2.24, 2.45) is 12.8 Å². The van der Waals surface area contributed by atoms with E-state index in [0.29, 0.717) is 6.54 Å². The van der Waals surface area contributed by atoms with Crippen LogP contribution in [0.25, 0.3) is 0 Å². The Morgan fingerprint density at radius 2 is 2.55 bits per heavy atom. The van der Waals surface area contributed by atoms with E-state index in [2.05, 4.69) is 26.3 Å². The van der Waals surface area contributed by atoms with E-state index in [9.17, 15) is 0 Å². The van der Waals surface area contributed by atoms with Gasteiger partial charge in [-0.2, -0.15) is 5.10 Å². The minimum absolute atomic E-state index is 0.623. The normalized spacial score (nSPS) is 10.1. The van der Waals surface area contributed by atoms with Crippen LogP contribution in [0, 0.1) is 0 Å². The van der Waals surface area contributed by atoms with Crippen molar-refractivity contribution in [3.05, 3.63) is 10.7 Å². The van der Waals surface area contributed by atoms with Crippen molar-refractivity contribution in [3.8, 4) is 0 Å². The van der Waals surface area contributed by atoms with E-state index >= 15 is 0 Å². The monoisotopic (exact) mass is 218 g/mol. The number of aromatic nitrogens is 2. The molecule has 11 heavy (non-hydrogen) atoms. The largest absolute Gasteiger partial charge is 0.368 e. The molecular weight excluding hydrogens is 208 g/mol. The van der Waals surface area contributed by atoms with Gasteiger partial charge in [-0.3, -0.25) is 4.68 Å². The van der Waals surface area contributed by atoms with Gasteiger partial charge in [-0.25, -0.2) is 0 Å². The minimum Gasteiger partial charge on any atom is -0.368 e. The van der Waals surface area contributed by atoms with E-state index in [-0.39, 0.29) is 0 Å². The molecule has 0 spiro atoms. The van der Waals surface area contributed by atoms with Crippen molar-refractivity contribution in [1.82, 2.24) is 9.78 Å². The molecule has 0 fully saturated rings. The van der Waals surface area contributed by atoms with Crippen molar-refractivity contribution in [1.29, 1.82) is 0 Å². The molecule has 4 nitrogen and oxygen atoms in total. The first-order chi connectivity index (χ1) is 5.25. The standard InChI is InChI=1S/C6H11BrN4/c1-11-6(9-3-2-8)5(7)4-10-11/h4,9H,2-3,8H2,1H3. The number of nitrogens with two attached hydrogens (primary N) is 1. The molecule has 0 bridgehead atoms. The van der Waals surface area contributed by atoms with Crippen LogP contribution >= 0.6 is 15.9 Å². The van der Waals surface area contributed by atoms with Gasteiger partial charge in [0, 0.05) is 20.1 Å². The molecule has 0 atom stereocenters. The smallest absolute Gasteiger partial charge is 0.138 e. The molecular formula is C6H11BrN4. The third kappa shape index (κ3) is 1.94. The Kier molecular flexibility index (Phi) is 2.90. The van der Waals surface area contributed by atoms with Gasteiger partial charge in [0.25, 0.3) is 0 Å². The molecule has 1 heterocycles. The highest BCUT2D eigenvalue weighted by Crippen LogP contribution is 2.19. The van der Waals surface area contributed by atoms with Crippen LogP contribution in [0.3, 0.4) is 0 Å². The van der Waals surface area contributed by atoms with Gasteiger partial charge in [-0.15, -0.1) is 0 Å². The summed E-state index contributed by atoms with van der Waals surface area (Å²) in [6.07, 6.45) is 1.75. The first-order valence-corrected chi connectivity index (χ1v) is 4.16. The number of hydrogen-bond donors (Lipinski definition) is 2. The molecule has 0 unspecified atom stereocenters. The lowest BCUT2D eigenvalue weighted by molar-refractivity contribution is 0.768. The zero-order chi connectivity index (χ0) is 8.27. The molecule has 62 valence electrons. The molecule has 0 aromatic carbocycles. The fourth-order valence-corrected chi connectivity index (χ4v) is 1.29. The lowest BCUT2D eigenvalue weighted by Gasteiger charge is -2.04. The summed E-state index contributed by atoms with van der Waals surface area (Å²) in [6.45, 7) is 1.38. The van der Waals surface area contributed by atoms with Crippen molar-refractivity contribution < 1.29 is 0 Å². The van der Waals surface area contributed by atoms with Gasteiger partial charge >= 0.3 is 0 Å². The molecule has 3 N–H and O–H groups in total. The maximum atomic E-state index is 5.34. The van der Waals surface area contributed by atoms with E-state index in [1.165, 1.54) is 0 Å². The molecule has 1 aromatic rings. The Balaban J connectivity index is 2.67. The Morgan fingerprint density at radius 1 is 1.82 bits per heavy atom. The highest BCUT2D eigenvalue weighted by molar-refractivity contribution is 9.10. The Labute approximate surface area is 73.9 Å². The molecule has 0 radical (unpaired) electrons. The van der Waals surface area contributed by atoms with E-state index in [1.54, 1.807) is 10.9 Å². The van der Waals surface area contributed by atoms with Crippen LogP contribution in [-0.4, -0.2) is 22.9 Å². The predicted octanol–water partition coefficient (Wildman–Crippen LogP) is 0.553. The molecule has 0 amide bonds. The maximum absolute atomic E-state index is 5.34. The lowest BCUT2D eigenvalue weighted by atomic mass is 10.5. The van der Waals surface area contributed by atoms with Crippen molar-refractivity contribution >= 4 is 21.7 Å². The summed E-state index contributed by atoms with van der Waals surface area (Å²) in [4.78, 5) is 0. The van der Waals surface area contributed by atoms with Crippen LogP contribution in [0.2, 0.25) is 0 Å². The number of nitrogens with one attached hydrogen (secondary N) is 1. The van der Waals surface area contributed by atoms with E-state index in [0.717, 1.165) is 16.8 Å². The lowest BCUT2D eigenvalue weighted by Crippen LogP contribution is -2.15. The molecule has 1 rings (SSSR count).